The van der Waals surface area contributed by atoms with Crippen molar-refractivity contribution in [2.75, 3.05) is 0 Å². The Kier molecular flexibility index (Phi) is 11.0. The van der Waals surface area contributed by atoms with Crippen LogP contribution in [-0.2, 0) is 37.7 Å². The van der Waals surface area contributed by atoms with Crippen molar-refractivity contribution < 1.29 is 44.8 Å². The summed E-state index contributed by atoms with van der Waals surface area (Å²) in [6, 6.07) is 0. The molecule has 0 fully saturated rings. The first-order valence-electron chi connectivity index (χ1n) is 0.667. The van der Waals surface area contributed by atoms with Gasteiger partial charge in [0.2, 0.25) is 0 Å². The molecule has 7 heteroatoms. The zero-order chi connectivity index (χ0) is 4.50. The molecule has 5 nitrogen and oxygen atoms in total. The van der Waals surface area contributed by atoms with Crippen LogP contribution in [-0.4, -0.2) is 17.5 Å². The van der Waals surface area contributed by atoms with E-state index in [2.05, 4.69) is 0 Å². The van der Waals surface area contributed by atoms with Crippen molar-refractivity contribution >= 4 is 10.4 Å². The SMILES string of the molecule is O=S(=O)([O-])[O-].[Cd].[NH4+]. The van der Waals surface area contributed by atoms with E-state index in [-0.39, 0.29) is 33.4 Å². The fraction of sp³-hybridized carbons (Fsp3) is 0. The molecule has 0 heterocycles. The van der Waals surface area contributed by atoms with Gasteiger partial charge in [-0.25, -0.2) is 0 Å². The zero-order valence-corrected chi connectivity index (χ0v) is 8.60. The molecular formula is H4CdNO4S-. The summed E-state index contributed by atoms with van der Waals surface area (Å²) in [5, 5.41) is 0. The van der Waals surface area contributed by atoms with Gasteiger partial charge in [0.25, 0.3) is 0 Å². The normalized spacial score (nSPS) is 8.29. The largest absolute Gasteiger partial charge is 0.759 e. The first-order valence-corrected chi connectivity index (χ1v) is 2.00. The van der Waals surface area contributed by atoms with Gasteiger partial charge in [-0.1, -0.05) is 0 Å². The first-order chi connectivity index (χ1) is 2.00. The van der Waals surface area contributed by atoms with Gasteiger partial charge in [-0.3, -0.25) is 8.42 Å². The number of rotatable bonds is 0. The van der Waals surface area contributed by atoms with Crippen LogP contribution in [0.3, 0.4) is 0 Å². The van der Waals surface area contributed by atoms with Gasteiger partial charge >= 0.3 is 0 Å². The van der Waals surface area contributed by atoms with Crippen molar-refractivity contribution in [3.05, 3.63) is 0 Å². The molecule has 0 aromatic carbocycles. The molecule has 0 aromatic heterocycles. The van der Waals surface area contributed by atoms with Gasteiger partial charge in [-0.15, -0.1) is 0 Å². The maximum absolute atomic E-state index is 8.52. The summed E-state index contributed by atoms with van der Waals surface area (Å²) in [5.74, 6) is 0. The molecule has 4 N–H and O–H groups in total. The third-order valence-electron chi connectivity index (χ3n) is 0. The molecule has 0 rings (SSSR count). The minimum atomic E-state index is -5.17. The predicted molar refractivity (Wildman–Crippen MR) is 16.5 cm³/mol. The third-order valence-corrected chi connectivity index (χ3v) is 0. The molecule has 0 aliphatic rings. The summed E-state index contributed by atoms with van der Waals surface area (Å²) >= 11 is 0. The van der Waals surface area contributed by atoms with Gasteiger partial charge in [-0.2, -0.15) is 0 Å². The predicted octanol–water partition coefficient (Wildman–Crippen LogP) is -0.964. The van der Waals surface area contributed by atoms with Gasteiger partial charge < -0.3 is 15.3 Å². The van der Waals surface area contributed by atoms with E-state index in [1.807, 2.05) is 0 Å². The van der Waals surface area contributed by atoms with Crippen LogP contribution in [0.5, 0.6) is 0 Å². The van der Waals surface area contributed by atoms with Crippen molar-refractivity contribution in [2.24, 2.45) is 0 Å². The molecular weight excluding hydrogens is 222 g/mol. The summed E-state index contributed by atoms with van der Waals surface area (Å²) in [6.45, 7) is 0. The summed E-state index contributed by atoms with van der Waals surface area (Å²) < 4.78 is 34.1. The molecule has 0 bridgehead atoms. The maximum Gasteiger partial charge on any atom is 0.0311 e. The smallest absolute Gasteiger partial charge is 0.0311 e. The molecule has 0 aliphatic carbocycles. The van der Waals surface area contributed by atoms with Crippen LogP contribution in [0.2, 0.25) is 0 Å². The fourth-order valence-corrected chi connectivity index (χ4v) is 0. The molecule has 0 unspecified atom stereocenters. The summed E-state index contributed by atoms with van der Waals surface area (Å²) in [4.78, 5) is 0. The van der Waals surface area contributed by atoms with Crippen LogP contribution in [0.15, 0.2) is 0 Å². The Morgan fingerprint density at radius 2 is 1.14 bits per heavy atom. The van der Waals surface area contributed by atoms with Crippen LogP contribution in [0, 0.1) is 0 Å². The van der Waals surface area contributed by atoms with E-state index in [4.69, 9.17) is 17.5 Å². The summed E-state index contributed by atoms with van der Waals surface area (Å²) in [5.41, 5.74) is 0. The van der Waals surface area contributed by atoms with E-state index in [9.17, 15) is 0 Å². The Labute approximate surface area is 61.4 Å². The number of hydrogen-bond acceptors (Lipinski definition) is 4. The molecule has 0 aromatic rings. The van der Waals surface area contributed by atoms with Gasteiger partial charge in [0.15, 0.2) is 0 Å². The molecule has 0 amide bonds. The Morgan fingerprint density at radius 3 is 1.14 bits per heavy atom. The minimum Gasteiger partial charge on any atom is -0.759 e. The van der Waals surface area contributed by atoms with Crippen LogP contribution in [0.25, 0.3) is 0 Å². The molecule has 0 aliphatic heterocycles. The van der Waals surface area contributed by atoms with Crippen molar-refractivity contribution in [3.63, 3.8) is 0 Å². The second kappa shape index (κ2) is 4.90. The molecule has 7 heavy (non-hydrogen) atoms. The zero-order valence-electron chi connectivity index (χ0n) is 3.75. The topological polar surface area (TPSA) is 117 Å². The standard InChI is InChI=1S/Cd.H3N.H2O4S/c;;1-5(2,3)4/h;1H3;(H2,1,2,3,4)/p-1. The second-order valence-corrected chi connectivity index (χ2v) is 1.22. The van der Waals surface area contributed by atoms with E-state index < -0.39 is 10.4 Å². The average Bonchev–Trinajstić information content (AvgIpc) is 0.722. The van der Waals surface area contributed by atoms with Crippen LogP contribution >= 0.6 is 0 Å². The van der Waals surface area contributed by atoms with E-state index in [1.165, 1.54) is 0 Å². The van der Waals surface area contributed by atoms with Crippen LogP contribution < -0.4 is 6.15 Å². The molecule has 42 valence electrons. The molecule has 0 saturated heterocycles. The average molecular weight is 227 g/mol. The maximum atomic E-state index is 8.52. The minimum absolute atomic E-state index is 0. The second-order valence-electron chi connectivity index (χ2n) is 0.408. The molecule has 0 radical (unpaired) electrons. The van der Waals surface area contributed by atoms with Crippen molar-refractivity contribution in [1.82, 2.24) is 6.15 Å². The van der Waals surface area contributed by atoms with Crippen molar-refractivity contribution in [1.29, 1.82) is 0 Å². The van der Waals surface area contributed by atoms with E-state index >= 15 is 0 Å². The monoisotopic (exact) mass is 228 g/mol. The Bertz CT molecular complexity index is 94.9. The summed E-state index contributed by atoms with van der Waals surface area (Å²) in [6.07, 6.45) is 0. The molecule has 0 spiro atoms. The number of hydrogen-bond donors (Lipinski definition) is 1. The van der Waals surface area contributed by atoms with Gasteiger partial charge in [0.05, 0.1) is 0 Å². The Balaban J connectivity index is -0.0000000800. The van der Waals surface area contributed by atoms with Crippen LogP contribution in [0.1, 0.15) is 0 Å². The van der Waals surface area contributed by atoms with Crippen LogP contribution in [0.4, 0.5) is 0 Å². The quantitative estimate of drug-likeness (QED) is 0.325. The van der Waals surface area contributed by atoms with Gasteiger partial charge in [0.1, 0.15) is 0 Å². The van der Waals surface area contributed by atoms with Gasteiger partial charge in [-0.05, 0) is 0 Å². The summed E-state index contributed by atoms with van der Waals surface area (Å²) in [7, 11) is -5.17. The molecule has 0 atom stereocenters. The van der Waals surface area contributed by atoms with Crippen molar-refractivity contribution in [3.8, 4) is 0 Å². The van der Waals surface area contributed by atoms with E-state index in [0.717, 1.165) is 0 Å². The van der Waals surface area contributed by atoms with E-state index in [1.54, 1.807) is 0 Å². The fourth-order valence-electron chi connectivity index (χ4n) is 0. The first kappa shape index (κ1) is 15.7. The third kappa shape index (κ3) is 270. The molecule has 0 saturated carbocycles. The number of quaternary nitrogens is 1. The Hall–Kier alpha value is 0.752. The van der Waals surface area contributed by atoms with E-state index in [0.29, 0.717) is 0 Å². The Morgan fingerprint density at radius 1 is 1.14 bits per heavy atom. The van der Waals surface area contributed by atoms with Gasteiger partial charge in [0, 0.05) is 37.7 Å². The van der Waals surface area contributed by atoms with Crippen molar-refractivity contribution in [2.45, 2.75) is 0 Å².